The quantitative estimate of drug-likeness (QED) is 0.815. The zero-order valence-electron chi connectivity index (χ0n) is 12.5. The lowest BCUT2D eigenvalue weighted by Crippen LogP contribution is -2.47. The molecule has 1 N–H and O–H groups in total. The van der Waals surface area contributed by atoms with Crippen molar-refractivity contribution in [2.45, 2.75) is 46.1 Å². The number of hydrogen-bond acceptors (Lipinski definition) is 3. The van der Waals surface area contributed by atoms with Gasteiger partial charge in [0.05, 0.1) is 6.42 Å². The molecule has 0 aromatic carbocycles. The molecule has 0 saturated carbocycles. The second-order valence-corrected chi connectivity index (χ2v) is 5.35. The van der Waals surface area contributed by atoms with Crippen LogP contribution >= 0.6 is 0 Å². The molecule has 0 aliphatic carbocycles. The molecule has 0 aromatic heterocycles. The zero-order valence-corrected chi connectivity index (χ0v) is 12.5. The van der Waals surface area contributed by atoms with Crippen molar-refractivity contribution in [3.63, 3.8) is 0 Å². The topological polar surface area (TPSA) is 77.9 Å². The van der Waals surface area contributed by atoms with Crippen LogP contribution in [0.15, 0.2) is 0 Å². The van der Waals surface area contributed by atoms with E-state index in [1.807, 2.05) is 6.92 Å². The van der Waals surface area contributed by atoms with Gasteiger partial charge in [0.1, 0.15) is 0 Å². The van der Waals surface area contributed by atoms with Gasteiger partial charge in [-0.3, -0.25) is 14.4 Å². The molecule has 1 aliphatic rings. The number of amides is 2. The highest BCUT2D eigenvalue weighted by atomic mass is 16.4. The Kier molecular flexibility index (Phi) is 5.98. The van der Waals surface area contributed by atoms with Crippen LogP contribution in [-0.2, 0) is 14.4 Å². The highest BCUT2D eigenvalue weighted by Crippen LogP contribution is 2.21. The molecule has 1 unspecified atom stereocenters. The summed E-state index contributed by atoms with van der Waals surface area (Å²) in [6.07, 6.45) is 1.29. The molecule has 6 heteroatoms. The van der Waals surface area contributed by atoms with Gasteiger partial charge in [-0.15, -0.1) is 0 Å². The van der Waals surface area contributed by atoms with Gasteiger partial charge < -0.3 is 14.9 Å². The molecule has 1 aliphatic heterocycles. The van der Waals surface area contributed by atoms with E-state index in [9.17, 15) is 14.4 Å². The van der Waals surface area contributed by atoms with Gasteiger partial charge in [-0.2, -0.15) is 0 Å². The summed E-state index contributed by atoms with van der Waals surface area (Å²) in [5, 5.41) is 8.83. The van der Waals surface area contributed by atoms with E-state index in [0.717, 1.165) is 0 Å². The Hall–Kier alpha value is -1.59. The van der Waals surface area contributed by atoms with Crippen molar-refractivity contribution in [2.75, 3.05) is 19.6 Å². The first kappa shape index (κ1) is 16.5. The highest BCUT2D eigenvalue weighted by Gasteiger charge is 2.31. The fourth-order valence-electron chi connectivity index (χ4n) is 2.72. The van der Waals surface area contributed by atoms with Crippen LogP contribution in [0.3, 0.4) is 0 Å². The first-order valence-electron chi connectivity index (χ1n) is 7.14. The van der Waals surface area contributed by atoms with E-state index < -0.39 is 5.97 Å². The summed E-state index contributed by atoms with van der Waals surface area (Å²) in [5.41, 5.74) is 0. The van der Waals surface area contributed by atoms with E-state index in [2.05, 4.69) is 0 Å². The maximum Gasteiger partial charge on any atom is 0.305 e. The van der Waals surface area contributed by atoms with Crippen molar-refractivity contribution in [1.29, 1.82) is 0 Å². The fourth-order valence-corrected chi connectivity index (χ4v) is 2.72. The summed E-state index contributed by atoms with van der Waals surface area (Å²) in [5.74, 6) is -0.927. The first-order chi connectivity index (χ1) is 9.36. The number of carboxylic acids is 1. The summed E-state index contributed by atoms with van der Waals surface area (Å²) in [4.78, 5) is 37.9. The highest BCUT2D eigenvalue weighted by molar-refractivity contribution is 5.80. The van der Waals surface area contributed by atoms with E-state index in [4.69, 9.17) is 5.11 Å². The molecule has 1 rings (SSSR count). The van der Waals surface area contributed by atoms with Crippen molar-refractivity contribution in [1.82, 2.24) is 9.80 Å². The van der Waals surface area contributed by atoms with Crippen molar-refractivity contribution >= 4 is 17.8 Å². The van der Waals surface area contributed by atoms with Gasteiger partial charge in [0.2, 0.25) is 11.8 Å². The number of rotatable bonds is 5. The Morgan fingerprint density at radius 2 is 1.85 bits per heavy atom. The van der Waals surface area contributed by atoms with Gasteiger partial charge in [-0.1, -0.05) is 0 Å². The number of carbonyl (C=O) groups excluding carboxylic acids is 2. The smallest absolute Gasteiger partial charge is 0.305 e. The van der Waals surface area contributed by atoms with Gasteiger partial charge in [-0.05, 0) is 26.7 Å². The molecule has 20 heavy (non-hydrogen) atoms. The van der Waals surface area contributed by atoms with Gasteiger partial charge in [0, 0.05) is 38.5 Å². The summed E-state index contributed by atoms with van der Waals surface area (Å²) >= 11 is 0. The summed E-state index contributed by atoms with van der Waals surface area (Å²) in [6.45, 7) is 6.89. The Morgan fingerprint density at radius 1 is 1.30 bits per heavy atom. The van der Waals surface area contributed by atoms with Crippen molar-refractivity contribution in [3.05, 3.63) is 0 Å². The molecular weight excluding hydrogens is 260 g/mol. The number of aliphatic carboxylic acids is 1. The van der Waals surface area contributed by atoms with E-state index in [-0.39, 0.29) is 30.2 Å². The van der Waals surface area contributed by atoms with Crippen LogP contribution in [0.5, 0.6) is 0 Å². The third-order valence-corrected chi connectivity index (χ3v) is 3.92. The molecule has 6 nitrogen and oxygen atoms in total. The average Bonchev–Trinajstić information content (AvgIpc) is 2.38. The molecule has 1 atom stereocenters. The normalized spacial score (nSPS) is 17.6. The second kappa shape index (κ2) is 7.26. The van der Waals surface area contributed by atoms with Crippen LogP contribution in [0.4, 0.5) is 0 Å². The lowest BCUT2D eigenvalue weighted by atomic mass is 9.94. The van der Waals surface area contributed by atoms with Crippen LogP contribution < -0.4 is 0 Å². The largest absolute Gasteiger partial charge is 0.481 e. The van der Waals surface area contributed by atoms with E-state index in [1.165, 1.54) is 6.92 Å². The summed E-state index contributed by atoms with van der Waals surface area (Å²) in [7, 11) is 0. The predicted molar refractivity (Wildman–Crippen MR) is 74.1 cm³/mol. The number of piperidine rings is 1. The second-order valence-electron chi connectivity index (χ2n) is 5.35. The Labute approximate surface area is 119 Å². The van der Waals surface area contributed by atoms with Crippen molar-refractivity contribution in [2.24, 2.45) is 5.92 Å². The molecule has 0 bridgehead atoms. The van der Waals surface area contributed by atoms with Crippen LogP contribution in [0.2, 0.25) is 0 Å². The van der Waals surface area contributed by atoms with Crippen LogP contribution in [0.1, 0.15) is 40.0 Å². The SMILES string of the molecule is CCN(C(=O)C1CCN(C(C)=O)CC1)C(C)CC(=O)O. The lowest BCUT2D eigenvalue weighted by molar-refractivity contribution is -0.144. The van der Waals surface area contributed by atoms with Crippen LogP contribution in [-0.4, -0.2) is 58.4 Å². The van der Waals surface area contributed by atoms with Gasteiger partial charge in [0.15, 0.2) is 0 Å². The lowest BCUT2D eigenvalue weighted by Gasteiger charge is -2.35. The Bertz CT molecular complexity index is 375. The van der Waals surface area contributed by atoms with E-state index in [0.29, 0.717) is 32.5 Å². The molecule has 0 aromatic rings. The summed E-state index contributed by atoms with van der Waals surface area (Å²) in [6, 6.07) is -0.296. The number of carboxylic acid groups (broad SMARTS) is 1. The maximum absolute atomic E-state index is 12.5. The van der Waals surface area contributed by atoms with E-state index >= 15 is 0 Å². The number of carbonyl (C=O) groups is 3. The molecule has 1 heterocycles. The molecule has 114 valence electrons. The molecule has 2 amide bonds. The molecule has 1 saturated heterocycles. The third-order valence-electron chi connectivity index (χ3n) is 3.92. The van der Waals surface area contributed by atoms with Gasteiger partial charge >= 0.3 is 5.97 Å². The predicted octanol–water partition coefficient (Wildman–Crippen LogP) is 0.957. The third kappa shape index (κ3) is 4.21. The minimum absolute atomic E-state index is 0.0180. The zero-order chi connectivity index (χ0) is 15.3. The number of hydrogen-bond donors (Lipinski definition) is 1. The fraction of sp³-hybridized carbons (Fsp3) is 0.786. The van der Waals surface area contributed by atoms with Crippen molar-refractivity contribution in [3.8, 4) is 0 Å². The monoisotopic (exact) mass is 284 g/mol. The maximum atomic E-state index is 12.5. The molecular formula is C14H24N2O4. The minimum atomic E-state index is -0.893. The number of likely N-dealkylation sites (tertiary alicyclic amines) is 1. The van der Waals surface area contributed by atoms with Gasteiger partial charge in [-0.25, -0.2) is 0 Å². The average molecular weight is 284 g/mol. The standard InChI is InChI=1S/C14H24N2O4/c1-4-16(10(2)9-13(18)19)14(20)12-5-7-15(8-6-12)11(3)17/h10,12H,4-9H2,1-3H3,(H,18,19). The van der Waals surface area contributed by atoms with Crippen LogP contribution in [0.25, 0.3) is 0 Å². The molecule has 0 radical (unpaired) electrons. The molecule has 1 fully saturated rings. The van der Waals surface area contributed by atoms with Crippen LogP contribution in [0, 0.1) is 5.92 Å². The summed E-state index contributed by atoms with van der Waals surface area (Å²) < 4.78 is 0. The first-order valence-corrected chi connectivity index (χ1v) is 7.14. The Balaban J connectivity index is 2.59. The number of nitrogens with zero attached hydrogens (tertiary/aromatic N) is 2. The van der Waals surface area contributed by atoms with Gasteiger partial charge in [0.25, 0.3) is 0 Å². The molecule has 0 spiro atoms. The van der Waals surface area contributed by atoms with Crippen molar-refractivity contribution < 1.29 is 19.5 Å². The minimum Gasteiger partial charge on any atom is -0.481 e. The Morgan fingerprint density at radius 3 is 2.25 bits per heavy atom. The van der Waals surface area contributed by atoms with E-state index in [1.54, 1.807) is 16.7 Å².